The maximum atomic E-state index is 6.10. The van der Waals surface area contributed by atoms with Crippen LogP contribution in [-0.4, -0.2) is 30.3 Å². The molecule has 0 amide bonds. The summed E-state index contributed by atoms with van der Waals surface area (Å²) in [5.74, 6) is 0. The summed E-state index contributed by atoms with van der Waals surface area (Å²) in [5, 5.41) is 4.13. The average Bonchev–Trinajstić information content (AvgIpc) is 2.29. The van der Waals surface area contributed by atoms with Gasteiger partial charge in [0.05, 0.1) is 17.7 Å². The van der Waals surface area contributed by atoms with Crippen molar-refractivity contribution in [2.75, 3.05) is 13.2 Å². The molecule has 1 aromatic heterocycles. The topological polar surface area (TPSA) is 34.1 Å². The van der Waals surface area contributed by atoms with Crippen molar-refractivity contribution in [3.8, 4) is 0 Å². The Balaban J connectivity index is 2.56. The van der Waals surface area contributed by atoms with Crippen LogP contribution in [0.15, 0.2) is 18.5 Å². The molecule has 0 aliphatic rings. The quantitative estimate of drug-likeness (QED) is 0.815. The van der Waals surface area contributed by atoms with Gasteiger partial charge in [-0.05, 0) is 38.4 Å². The number of aromatic nitrogens is 1. The number of nitrogens with zero attached hydrogens (tertiary/aromatic N) is 1. The van der Waals surface area contributed by atoms with Gasteiger partial charge in [0.15, 0.2) is 0 Å². The second-order valence-corrected chi connectivity index (χ2v) is 4.72. The maximum Gasteiger partial charge on any atom is 0.0626 e. The number of hydrogen-bond acceptors (Lipinski definition) is 3. The zero-order chi connectivity index (χ0) is 12.7. The fourth-order valence-corrected chi connectivity index (χ4v) is 1.82. The number of ether oxygens (including phenoxy) is 1. The Morgan fingerprint density at radius 2 is 2.24 bits per heavy atom. The Labute approximate surface area is 109 Å². The van der Waals surface area contributed by atoms with Gasteiger partial charge < -0.3 is 10.1 Å². The first-order chi connectivity index (χ1) is 8.13. The van der Waals surface area contributed by atoms with Gasteiger partial charge in [-0.15, -0.1) is 0 Å². The normalized spacial score (nSPS) is 13.0. The highest BCUT2D eigenvalue weighted by atomic mass is 35.5. The standard InChI is InChI=1S/C13H21ClN2O/c1-4-16-12(9-17-10(2)3)7-11-5-6-15-8-13(11)14/h5-6,8,10,12,16H,4,7,9H2,1-3H3. The van der Waals surface area contributed by atoms with Crippen molar-refractivity contribution in [1.82, 2.24) is 10.3 Å². The van der Waals surface area contributed by atoms with Gasteiger partial charge in [-0.3, -0.25) is 4.98 Å². The van der Waals surface area contributed by atoms with E-state index >= 15 is 0 Å². The second-order valence-electron chi connectivity index (χ2n) is 4.31. The van der Waals surface area contributed by atoms with Gasteiger partial charge in [0, 0.05) is 18.4 Å². The van der Waals surface area contributed by atoms with Gasteiger partial charge in [-0.1, -0.05) is 18.5 Å². The Hall–Kier alpha value is -0.640. The molecule has 96 valence electrons. The van der Waals surface area contributed by atoms with Crippen molar-refractivity contribution in [3.63, 3.8) is 0 Å². The third-order valence-electron chi connectivity index (χ3n) is 2.45. The molecule has 0 aliphatic heterocycles. The first-order valence-corrected chi connectivity index (χ1v) is 6.44. The molecule has 0 saturated carbocycles. The summed E-state index contributed by atoms with van der Waals surface area (Å²) in [6.07, 6.45) is 4.57. The minimum absolute atomic E-state index is 0.254. The van der Waals surface area contributed by atoms with Crippen LogP contribution >= 0.6 is 11.6 Å². The van der Waals surface area contributed by atoms with Gasteiger partial charge >= 0.3 is 0 Å². The lowest BCUT2D eigenvalue weighted by Gasteiger charge is -2.20. The van der Waals surface area contributed by atoms with E-state index in [1.54, 1.807) is 12.4 Å². The fourth-order valence-electron chi connectivity index (χ4n) is 1.62. The molecule has 1 aromatic rings. The Bertz CT molecular complexity index is 331. The molecule has 0 aliphatic carbocycles. The van der Waals surface area contributed by atoms with Crippen LogP contribution in [-0.2, 0) is 11.2 Å². The molecule has 1 N–H and O–H groups in total. The Kier molecular flexibility index (Phi) is 6.48. The zero-order valence-electron chi connectivity index (χ0n) is 10.7. The first kappa shape index (κ1) is 14.4. The molecule has 0 fully saturated rings. The molecule has 0 radical (unpaired) electrons. The number of nitrogens with one attached hydrogen (secondary N) is 1. The molecule has 0 bridgehead atoms. The van der Waals surface area contributed by atoms with Crippen LogP contribution in [0, 0.1) is 0 Å². The molecule has 0 aromatic carbocycles. The molecule has 0 saturated heterocycles. The van der Waals surface area contributed by atoms with Crippen molar-refractivity contribution in [2.24, 2.45) is 0 Å². The van der Waals surface area contributed by atoms with Crippen molar-refractivity contribution >= 4 is 11.6 Å². The van der Waals surface area contributed by atoms with Gasteiger partial charge in [0.25, 0.3) is 0 Å². The van der Waals surface area contributed by atoms with Crippen LogP contribution < -0.4 is 5.32 Å². The summed E-state index contributed by atoms with van der Waals surface area (Å²) < 4.78 is 5.65. The molecular weight excluding hydrogens is 236 g/mol. The van der Waals surface area contributed by atoms with E-state index in [-0.39, 0.29) is 6.10 Å². The molecule has 4 heteroatoms. The van der Waals surface area contributed by atoms with Crippen LogP contribution in [0.3, 0.4) is 0 Å². The SMILES string of the molecule is CCNC(COC(C)C)Cc1ccncc1Cl. The first-order valence-electron chi connectivity index (χ1n) is 6.06. The summed E-state index contributed by atoms with van der Waals surface area (Å²) in [4.78, 5) is 3.99. The molecule has 17 heavy (non-hydrogen) atoms. The van der Waals surface area contributed by atoms with Crippen LogP contribution in [0.4, 0.5) is 0 Å². The number of rotatable bonds is 7. The van der Waals surface area contributed by atoms with Gasteiger partial charge in [0.1, 0.15) is 0 Å². The largest absolute Gasteiger partial charge is 0.377 e. The lowest BCUT2D eigenvalue weighted by atomic mass is 10.1. The summed E-state index contributed by atoms with van der Waals surface area (Å²) in [6, 6.07) is 2.25. The molecule has 0 spiro atoms. The van der Waals surface area contributed by atoms with Crippen molar-refractivity contribution in [3.05, 3.63) is 29.0 Å². The lowest BCUT2D eigenvalue weighted by molar-refractivity contribution is 0.0616. The smallest absolute Gasteiger partial charge is 0.0626 e. The number of hydrogen-bond donors (Lipinski definition) is 1. The van der Waals surface area contributed by atoms with E-state index in [0.717, 1.165) is 23.6 Å². The van der Waals surface area contributed by atoms with Crippen LogP contribution in [0.5, 0.6) is 0 Å². The van der Waals surface area contributed by atoms with E-state index in [9.17, 15) is 0 Å². The monoisotopic (exact) mass is 256 g/mol. The predicted octanol–water partition coefficient (Wildman–Crippen LogP) is 2.68. The molecule has 1 unspecified atom stereocenters. The van der Waals surface area contributed by atoms with E-state index in [2.05, 4.69) is 17.2 Å². The lowest BCUT2D eigenvalue weighted by Crippen LogP contribution is -2.36. The van der Waals surface area contributed by atoms with E-state index in [1.165, 1.54) is 0 Å². The van der Waals surface area contributed by atoms with E-state index in [4.69, 9.17) is 16.3 Å². The summed E-state index contributed by atoms with van der Waals surface area (Å²) >= 11 is 6.10. The van der Waals surface area contributed by atoms with Gasteiger partial charge in [-0.2, -0.15) is 0 Å². The van der Waals surface area contributed by atoms with Crippen LogP contribution in [0.1, 0.15) is 26.3 Å². The summed E-state index contributed by atoms with van der Waals surface area (Å²) in [7, 11) is 0. The van der Waals surface area contributed by atoms with Gasteiger partial charge in [0.2, 0.25) is 0 Å². The number of pyridine rings is 1. The number of likely N-dealkylation sites (N-methyl/N-ethyl adjacent to an activating group) is 1. The molecule has 3 nitrogen and oxygen atoms in total. The van der Waals surface area contributed by atoms with E-state index < -0.39 is 0 Å². The van der Waals surface area contributed by atoms with E-state index in [1.807, 2.05) is 19.9 Å². The van der Waals surface area contributed by atoms with Crippen LogP contribution in [0.25, 0.3) is 0 Å². The minimum atomic E-state index is 0.254. The summed E-state index contributed by atoms with van der Waals surface area (Å²) in [6.45, 7) is 7.81. The third kappa shape index (κ3) is 5.48. The molecular formula is C13H21ClN2O. The Morgan fingerprint density at radius 3 is 2.82 bits per heavy atom. The minimum Gasteiger partial charge on any atom is -0.377 e. The average molecular weight is 257 g/mol. The summed E-state index contributed by atoms with van der Waals surface area (Å²) in [5.41, 5.74) is 1.11. The maximum absolute atomic E-state index is 6.10. The molecule has 1 rings (SSSR count). The molecule has 1 heterocycles. The highest BCUT2D eigenvalue weighted by molar-refractivity contribution is 6.31. The molecule has 1 atom stereocenters. The Morgan fingerprint density at radius 1 is 1.47 bits per heavy atom. The zero-order valence-corrected chi connectivity index (χ0v) is 11.5. The van der Waals surface area contributed by atoms with Gasteiger partial charge in [-0.25, -0.2) is 0 Å². The highest BCUT2D eigenvalue weighted by Crippen LogP contribution is 2.15. The third-order valence-corrected chi connectivity index (χ3v) is 2.79. The highest BCUT2D eigenvalue weighted by Gasteiger charge is 2.11. The van der Waals surface area contributed by atoms with Crippen molar-refractivity contribution in [2.45, 2.75) is 39.3 Å². The second kappa shape index (κ2) is 7.64. The number of halogens is 1. The van der Waals surface area contributed by atoms with Crippen molar-refractivity contribution in [1.29, 1.82) is 0 Å². The van der Waals surface area contributed by atoms with Crippen LogP contribution in [0.2, 0.25) is 5.02 Å². The predicted molar refractivity (Wildman–Crippen MR) is 71.5 cm³/mol. The van der Waals surface area contributed by atoms with Crippen molar-refractivity contribution < 1.29 is 4.74 Å². The van der Waals surface area contributed by atoms with E-state index in [0.29, 0.717) is 12.6 Å². The fraction of sp³-hybridized carbons (Fsp3) is 0.615.